The number of rotatable bonds is 5. The van der Waals surface area contributed by atoms with Crippen molar-refractivity contribution in [2.45, 2.75) is 19.3 Å². The number of methoxy groups -OCH3 is 1. The maximum Gasteiger partial charge on any atom is 0.333 e. The Morgan fingerprint density at radius 3 is 1.72 bits per heavy atom. The van der Waals surface area contributed by atoms with Crippen LogP contribution in [-0.4, -0.2) is 35.9 Å². The van der Waals surface area contributed by atoms with Gasteiger partial charge in [0, 0.05) is 12.8 Å². The molecule has 0 saturated carbocycles. The molecule has 0 bridgehead atoms. The number of amides is 2. The Hall–Kier alpha value is -1.54. The Morgan fingerprint density at radius 2 is 1.28 bits per heavy atom. The third-order valence-corrected chi connectivity index (χ3v) is 5.05. The molecule has 1 aliphatic rings. The maximum absolute atomic E-state index is 12.3. The molecule has 0 fully saturated rings. The Bertz CT molecular complexity index is 747. The smallest absolute Gasteiger partial charge is 0.333 e. The number of imide groups is 1. The van der Waals surface area contributed by atoms with E-state index in [1.165, 1.54) is 7.11 Å². The van der Waals surface area contributed by atoms with E-state index in [4.69, 9.17) is 51.2 Å². The van der Waals surface area contributed by atoms with Crippen molar-refractivity contribution in [1.82, 2.24) is 5.06 Å². The Kier molecular flexibility index (Phi) is 6.16. The number of hydroxylamine groups is 2. The fourth-order valence-corrected chi connectivity index (χ4v) is 3.05. The van der Waals surface area contributed by atoms with Gasteiger partial charge in [-0.25, -0.2) is 4.79 Å². The Balaban J connectivity index is 2.18. The lowest BCUT2D eigenvalue weighted by Gasteiger charge is -2.12. The Labute approximate surface area is 161 Å². The van der Waals surface area contributed by atoms with Gasteiger partial charge < -0.3 is 9.57 Å². The molecule has 134 valence electrons. The first-order valence-corrected chi connectivity index (χ1v) is 8.24. The summed E-state index contributed by atoms with van der Waals surface area (Å²) in [5, 5.41) is -0.698. The van der Waals surface area contributed by atoms with Gasteiger partial charge in [0.25, 0.3) is 11.8 Å². The highest BCUT2D eigenvalue weighted by molar-refractivity contribution is 6.55. The van der Waals surface area contributed by atoms with Crippen molar-refractivity contribution in [3.63, 3.8) is 0 Å². The number of benzene rings is 1. The second kappa shape index (κ2) is 7.78. The van der Waals surface area contributed by atoms with Crippen LogP contribution in [0.2, 0.25) is 20.1 Å². The molecule has 0 unspecified atom stereocenters. The third kappa shape index (κ3) is 3.69. The molecule has 25 heavy (non-hydrogen) atoms. The molecular weight excluding hydrogens is 420 g/mol. The molecule has 1 aliphatic heterocycles. The average molecular weight is 429 g/mol. The van der Waals surface area contributed by atoms with Crippen LogP contribution in [0.15, 0.2) is 0 Å². The first-order valence-electron chi connectivity index (χ1n) is 6.73. The number of fused-ring (bicyclic) bond motifs is 1. The number of halogens is 4. The minimum atomic E-state index is -0.994. The van der Waals surface area contributed by atoms with E-state index >= 15 is 0 Å². The van der Waals surface area contributed by atoms with Crippen LogP contribution in [0.5, 0.6) is 0 Å². The van der Waals surface area contributed by atoms with Crippen molar-refractivity contribution in [1.29, 1.82) is 0 Å². The van der Waals surface area contributed by atoms with E-state index in [1.54, 1.807) is 0 Å². The second-order valence-electron chi connectivity index (χ2n) is 4.80. The van der Waals surface area contributed by atoms with E-state index in [1.807, 2.05) is 0 Å². The summed E-state index contributed by atoms with van der Waals surface area (Å²) in [5.74, 6) is -3.39. The monoisotopic (exact) mass is 427 g/mol. The maximum atomic E-state index is 12.3. The highest BCUT2D eigenvalue weighted by atomic mass is 35.5. The first-order chi connectivity index (χ1) is 11.7. The Morgan fingerprint density at radius 1 is 0.840 bits per heavy atom. The highest BCUT2D eigenvalue weighted by Gasteiger charge is 2.44. The molecule has 0 spiro atoms. The van der Waals surface area contributed by atoms with Crippen LogP contribution in [0.1, 0.15) is 40.0 Å². The molecule has 1 aromatic rings. The van der Waals surface area contributed by atoms with Gasteiger partial charge in [0.2, 0.25) is 0 Å². The molecule has 1 heterocycles. The minimum absolute atomic E-state index is 0.0173. The quantitative estimate of drug-likeness (QED) is 0.307. The molecule has 0 aromatic heterocycles. The molecule has 0 atom stereocenters. The lowest BCUT2D eigenvalue weighted by atomic mass is 10.1. The van der Waals surface area contributed by atoms with E-state index in [0.717, 1.165) is 0 Å². The van der Waals surface area contributed by atoms with Crippen molar-refractivity contribution in [2.24, 2.45) is 0 Å². The first kappa shape index (κ1) is 19.8. The average Bonchev–Trinajstić information content (AvgIpc) is 2.82. The van der Waals surface area contributed by atoms with Gasteiger partial charge in [0.1, 0.15) is 0 Å². The lowest BCUT2D eigenvalue weighted by Crippen LogP contribution is -2.32. The lowest BCUT2D eigenvalue weighted by molar-refractivity contribution is -0.168. The molecule has 0 N–H and O–H groups in total. The zero-order chi connectivity index (χ0) is 18.9. The van der Waals surface area contributed by atoms with Gasteiger partial charge >= 0.3 is 11.9 Å². The summed E-state index contributed by atoms with van der Waals surface area (Å²) in [6.45, 7) is 0. The molecular formula is C14H9Cl4NO6. The van der Waals surface area contributed by atoms with Gasteiger partial charge in [0.05, 0.1) is 38.3 Å². The van der Waals surface area contributed by atoms with Crippen molar-refractivity contribution < 1.29 is 28.8 Å². The van der Waals surface area contributed by atoms with E-state index < -0.39 is 23.8 Å². The molecule has 0 radical (unpaired) electrons. The highest BCUT2D eigenvalue weighted by Crippen LogP contribution is 2.44. The standard InChI is InChI=1S/C14H9Cl4NO6/c1-24-5(20)3-2-4-6(21)25-19-13(22)7-8(14(19)23)10(16)12(18)11(17)9(7)15/h2-4H2,1H3. The summed E-state index contributed by atoms with van der Waals surface area (Å²) in [4.78, 5) is 52.2. The molecule has 0 aliphatic carbocycles. The van der Waals surface area contributed by atoms with Gasteiger partial charge in [-0.2, -0.15) is 0 Å². The third-order valence-electron chi connectivity index (χ3n) is 3.25. The van der Waals surface area contributed by atoms with E-state index in [0.29, 0.717) is 0 Å². The van der Waals surface area contributed by atoms with Crippen LogP contribution in [-0.2, 0) is 19.2 Å². The fourth-order valence-electron chi connectivity index (χ4n) is 2.04. The second-order valence-corrected chi connectivity index (χ2v) is 6.32. The predicted octanol–water partition coefficient (Wildman–Crippen LogP) is 3.70. The van der Waals surface area contributed by atoms with Crippen LogP contribution >= 0.6 is 46.4 Å². The minimum Gasteiger partial charge on any atom is -0.469 e. The zero-order valence-electron chi connectivity index (χ0n) is 12.5. The topological polar surface area (TPSA) is 90.0 Å². The van der Waals surface area contributed by atoms with Crippen molar-refractivity contribution in [3.05, 3.63) is 31.2 Å². The number of carbonyl (C=O) groups excluding carboxylic acids is 4. The summed E-state index contributed by atoms with van der Waals surface area (Å²) in [5.41, 5.74) is -0.596. The van der Waals surface area contributed by atoms with Gasteiger partial charge in [-0.1, -0.05) is 51.5 Å². The predicted molar refractivity (Wildman–Crippen MR) is 88.9 cm³/mol. The van der Waals surface area contributed by atoms with Crippen molar-refractivity contribution in [2.75, 3.05) is 7.11 Å². The molecule has 1 aromatic carbocycles. The van der Waals surface area contributed by atoms with E-state index in [-0.39, 0.29) is 55.5 Å². The summed E-state index contributed by atoms with van der Waals surface area (Å²) in [7, 11) is 1.21. The summed E-state index contributed by atoms with van der Waals surface area (Å²) < 4.78 is 4.43. The fraction of sp³-hybridized carbons (Fsp3) is 0.286. The number of ether oxygens (including phenoxy) is 1. The molecule has 2 rings (SSSR count). The van der Waals surface area contributed by atoms with Gasteiger partial charge in [-0.15, -0.1) is 0 Å². The van der Waals surface area contributed by atoms with Gasteiger partial charge in [-0.05, 0) is 6.42 Å². The molecule has 11 heteroatoms. The van der Waals surface area contributed by atoms with Crippen LogP contribution < -0.4 is 0 Å². The van der Waals surface area contributed by atoms with Gasteiger partial charge in [-0.3, -0.25) is 14.4 Å². The van der Waals surface area contributed by atoms with Crippen LogP contribution in [0.3, 0.4) is 0 Å². The van der Waals surface area contributed by atoms with Crippen LogP contribution in [0.4, 0.5) is 0 Å². The van der Waals surface area contributed by atoms with Crippen molar-refractivity contribution in [3.8, 4) is 0 Å². The normalized spacial score (nSPS) is 13.1. The van der Waals surface area contributed by atoms with Crippen LogP contribution in [0.25, 0.3) is 0 Å². The van der Waals surface area contributed by atoms with E-state index in [2.05, 4.69) is 4.74 Å². The largest absolute Gasteiger partial charge is 0.469 e. The molecule has 0 saturated heterocycles. The number of hydrogen-bond acceptors (Lipinski definition) is 6. The SMILES string of the molecule is COC(=O)CCCC(=O)ON1C(=O)c2c(Cl)c(Cl)c(Cl)c(Cl)c2C1=O. The number of esters is 1. The number of nitrogens with zero attached hydrogens (tertiary/aromatic N) is 1. The van der Waals surface area contributed by atoms with E-state index in [9.17, 15) is 19.2 Å². The zero-order valence-corrected chi connectivity index (χ0v) is 15.6. The molecule has 2 amide bonds. The summed E-state index contributed by atoms with van der Waals surface area (Å²) in [6, 6.07) is 0. The van der Waals surface area contributed by atoms with Crippen molar-refractivity contribution >= 4 is 70.2 Å². The number of carbonyl (C=O) groups is 4. The summed E-state index contributed by atoms with van der Waals surface area (Å²) in [6.07, 6.45) is -0.115. The van der Waals surface area contributed by atoms with Crippen LogP contribution in [0, 0.1) is 0 Å². The van der Waals surface area contributed by atoms with Gasteiger partial charge in [0.15, 0.2) is 0 Å². The summed E-state index contributed by atoms with van der Waals surface area (Å²) >= 11 is 23.6. The molecule has 7 nitrogen and oxygen atoms in total. The number of hydrogen-bond donors (Lipinski definition) is 0.